The second-order valence-corrected chi connectivity index (χ2v) is 8.80. The van der Waals surface area contributed by atoms with E-state index in [9.17, 15) is 18.8 Å². The molecule has 33 heavy (non-hydrogen) atoms. The molecule has 0 radical (unpaired) electrons. The van der Waals surface area contributed by atoms with Crippen molar-refractivity contribution in [1.82, 2.24) is 4.90 Å². The lowest BCUT2D eigenvalue weighted by atomic mass is 10.1. The van der Waals surface area contributed by atoms with E-state index < -0.39 is 11.7 Å². The number of nitrogens with zero attached hydrogens (tertiary/aromatic N) is 1. The monoisotopic (exact) mass is 487 g/mol. The second kappa shape index (κ2) is 10.6. The van der Waals surface area contributed by atoms with Crippen LogP contribution in [-0.4, -0.2) is 29.2 Å². The molecule has 0 saturated heterocycles. The molecule has 0 aliphatic rings. The van der Waals surface area contributed by atoms with Crippen LogP contribution in [-0.2, 0) is 11.3 Å². The number of rotatable bonds is 7. The smallest absolute Gasteiger partial charge is 0.266 e. The van der Waals surface area contributed by atoms with E-state index in [1.54, 1.807) is 24.0 Å². The predicted octanol–water partition coefficient (Wildman–Crippen LogP) is 5.72. The Morgan fingerprint density at radius 2 is 1.79 bits per heavy atom. The fraction of sp³-hybridized carbons (Fsp3) is 0.208. The molecule has 9 heteroatoms. The molecule has 0 aliphatic heterocycles. The van der Waals surface area contributed by atoms with Gasteiger partial charge < -0.3 is 15.5 Å². The molecule has 0 aliphatic carbocycles. The summed E-state index contributed by atoms with van der Waals surface area (Å²) in [6.45, 7) is 6.11. The maximum Gasteiger partial charge on any atom is 0.266 e. The van der Waals surface area contributed by atoms with Gasteiger partial charge in [-0.25, -0.2) is 4.39 Å². The van der Waals surface area contributed by atoms with E-state index in [2.05, 4.69) is 10.6 Å². The van der Waals surface area contributed by atoms with Gasteiger partial charge in [-0.05, 0) is 55.3 Å². The van der Waals surface area contributed by atoms with Gasteiger partial charge in [0.1, 0.15) is 5.82 Å². The van der Waals surface area contributed by atoms with Crippen LogP contribution >= 0.6 is 22.9 Å². The number of carbonyl (C=O) groups excluding carboxylic acids is 3. The van der Waals surface area contributed by atoms with Gasteiger partial charge in [0.15, 0.2) is 0 Å². The third-order valence-corrected chi connectivity index (χ3v) is 6.45. The molecule has 0 atom stereocenters. The van der Waals surface area contributed by atoms with Crippen molar-refractivity contribution >= 4 is 51.3 Å². The minimum Gasteiger partial charge on any atom is -0.339 e. The molecular weight excluding hydrogens is 465 g/mol. The van der Waals surface area contributed by atoms with Gasteiger partial charge in [0.2, 0.25) is 5.91 Å². The van der Waals surface area contributed by atoms with Crippen molar-refractivity contribution in [3.8, 4) is 0 Å². The number of para-hydroxylation sites is 1. The van der Waals surface area contributed by atoms with Crippen LogP contribution in [0.1, 0.15) is 45.0 Å². The van der Waals surface area contributed by atoms with Gasteiger partial charge in [-0.1, -0.05) is 29.8 Å². The van der Waals surface area contributed by atoms with Crippen LogP contribution in [0, 0.1) is 12.7 Å². The van der Waals surface area contributed by atoms with Gasteiger partial charge in [0.05, 0.1) is 20.5 Å². The third kappa shape index (κ3) is 5.97. The van der Waals surface area contributed by atoms with Crippen molar-refractivity contribution in [3.05, 3.63) is 80.9 Å². The van der Waals surface area contributed by atoms with E-state index in [0.29, 0.717) is 34.2 Å². The summed E-state index contributed by atoms with van der Waals surface area (Å²) in [5, 5.41) is 6.08. The van der Waals surface area contributed by atoms with Gasteiger partial charge in [0.25, 0.3) is 11.8 Å². The summed E-state index contributed by atoms with van der Waals surface area (Å²) in [5.74, 6) is -1.40. The van der Waals surface area contributed by atoms with E-state index in [1.165, 1.54) is 13.0 Å². The number of anilines is 2. The molecule has 0 fully saturated rings. The lowest BCUT2D eigenvalue weighted by molar-refractivity contribution is -0.129. The molecule has 6 nitrogen and oxygen atoms in total. The molecule has 0 spiro atoms. The van der Waals surface area contributed by atoms with Crippen molar-refractivity contribution in [2.75, 3.05) is 17.2 Å². The van der Waals surface area contributed by atoms with Gasteiger partial charge >= 0.3 is 0 Å². The van der Waals surface area contributed by atoms with Gasteiger partial charge in [-0.3, -0.25) is 14.4 Å². The fourth-order valence-electron chi connectivity index (χ4n) is 3.23. The highest BCUT2D eigenvalue weighted by molar-refractivity contribution is 7.18. The molecule has 3 amide bonds. The normalized spacial score (nSPS) is 10.6. The lowest BCUT2D eigenvalue weighted by Crippen LogP contribution is -2.28. The van der Waals surface area contributed by atoms with Crippen molar-refractivity contribution in [1.29, 1.82) is 0 Å². The summed E-state index contributed by atoms with van der Waals surface area (Å²) in [4.78, 5) is 39.4. The quantitative estimate of drug-likeness (QED) is 0.447. The highest BCUT2D eigenvalue weighted by Gasteiger charge is 2.19. The zero-order valence-electron chi connectivity index (χ0n) is 18.4. The zero-order valence-corrected chi connectivity index (χ0v) is 19.9. The average molecular weight is 488 g/mol. The third-order valence-electron chi connectivity index (χ3n) is 4.99. The van der Waals surface area contributed by atoms with Crippen LogP contribution in [0.25, 0.3) is 0 Å². The van der Waals surface area contributed by atoms with E-state index in [0.717, 1.165) is 29.0 Å². The second-order valence-electron chi connectivity index (χ2n) is 7.35. The van der Waals surface area contributed by atoms with Crippen LogP contribution in [0.15, 0.2) is 48.5 Å². The molecule has 3 aromatic rings. The van der Waals surface area contributed by atoms with Crippen molar-refractivity contribution in [3.63, 3.8) is 0 Å². The van der Waals surface area contributed by atoms with Gasteiger partial charge in [-0.2, -0.15) is 0 Å². The molecular formula is C24H23ClFN3O3S. The van der Waals surface area contributed by atoms with E-state index in [-0.39, 0.29) is 22.4 Å². The number of thiophene rings is 1. The first kappa shape index (κ1) is 24.4. The molecule has 0 saturated carbocycles. The predicted molar refractivity (Wildman–Crippen MR) is 130 cm³/mol. The van der Waals surface area contributed by atoms with E-state index in [4.69, 9.17) is 11.6 Å². The Morgan fingerprint density at radius 3 is 2.45 bits per heavy atom. The molecule has 1 heterocycles. The maximum atomic E-state index is 13.2. The van der Waals surface area contributed by atoms with Gasteiger partial charge in [0, 0.05) is 25.7 Å². The maximum absolute atomic E-state index is 13.2. The van der Waals surface area contributed by atoms with E-state index >= 15 is 0 Å². The number of hydrogen-bond acceptors (Lipinski definition) is 4. The van der Waals surface area contributed by atoms with Crippen LogP contribution < -0.4 is 10.6 Å². The molecule has 1 aromatic heterocycles. The Hall–Kier alpha value is -3.23. The van der Waals surface area contributed by atoms with Crippen molar-refractivity contribution in [2.24, 2.45) is 0 Å². The first-order chi connectivity index (χ1) is 15.7. The SMILES string of the molecule is CCN(Cc1ccccc1NC(=O)c1sc(NC(=O)c2ccc(F)cc2Cl)cc1C)C(C)=O. The number of aryl methyl sites for hydroxylation is 1. The summed E-state index contributed by atoms with van der Waals surface area (Å²) in [6.07, 6.45) is 0. The fourth-order valence-corrected chi connectivity index (χ4v) is 4.45. The first-order valence-corrected chi connectivity index (χ1v) is 11.4. The Kier molecular flexibility index (Phi) is 7.84. The molecule has 0 unspecified atom stereocenters. The van der Waals surface area contributed by atoms with Gasteiger partial charge in [-0.15, -0.1) is 11.3 Å². The highest BCUT2D eigenvalue weighted by Crippen LogP contribution is 2.29. The van der Waals surface area contributed by atoms with Crippen LogP contribution in [0.4, 0.5) is 15.1 Å². The topological polar surface area (TPSA) is 78.5 Å². The van der Waals surface area contributed by atoms with E-state index in [1.807, 2.05) is 25.1 Å². The first-order valence-electron chi connectivity index (χ1n) is 10.2. The molecule has 2 N–H and O–H groups in total. The van der Waals surface area contributed by atoms with Crippen LogP contribution in [0.5, 0.6) is 0 Å². The number of amides is 3. The Labute approximate surface area is 200 Å². The van der Waals surface area contributed by atoms with Crippen molar-refractivity contribution in [2.45, 2.75) is 27.3 Å². The van der Waals surface area contributed by atoms with Crippen LogP contribution in [0.3, 0.4) is 0 Å². The van der Waals surface area contributed by atoms with Crippen molar-refractivity contribution < 1.29 is 18.8 Å². The molecule has 2 aromatic carbocycles. The number of nitrogens with one attached hydrogen (secondary N) is 2. The molecule has 172 valence electrons. The Morgan fingerprint density at radius 1 is 1.06 bits per heavy atom. The highest BCUT2D eigenvalue weighted by atomic mass is 35.5. The summed E-state index contributed by atoms with van der Waals surface area (Å²) in [6, 6.07) is 12.5. The Balaban J connectivity index is 1.76. The average Bonchev–Trinajstić information content (AvgIpc) is 3.12. The largest absolute Gasteiger partial charge is 0.339 e. The number of hydrogen-bond donors (Lipinski definition) is 2. The number of benzene rings is 2. The minimum atomic E-state index is -0.534. The molecule has 0 bridgehead atoms. The lowest BCUT2D eigenvalue weighted by Gasteiger charge is -2.21. The van der Waals surface area contributed by atoms with Crippen LogP contribution in [0.2, 0.25) is 5.02 Å². The minimum absolute atomic E-state index is 0.00188. The number of halogens is 2. The summed E-state index contributed by atoms with van der Waals surface area (Å²) < 4.78 is 13.2. The number of carbonyl (C=O) groups is 3. The standard InChI is InChI=1S/C24H23ClFN3O3S/c1-4-29(15(3)30)13-16-7-5-6-8-20(16)27-24(32)22-14(2)11-21(33-22)28-23(31)18-10-9-17(26)12-19(18)25/h5-12H,4,13H2,1-3H3,(H,27,32)(H,28,31). The summed E-state index contributed by atoms with van der Waals surface area (Å²) >= 11 is 7.08. The summed E-state index contributed by atoms with van der Waals surface area (Å²) in [5.41, 5.74) is 2.25. The zero-order chi connectivity index (χ0) is 24.1. The Bertz CT molecular complexity index is 1210. The summed E-state index contributed by atoms with van der Waals surface area (Å²) in [7, 11) is 0. The molecule has 3 rings (SSSR count).